The van der Waals surface area contributed by atoms with E-state index in [1.165, 1.54) is 82.6 Å². The summed E-state index contributed by atoms with van der Waals surface area (Å²) in [5.41, 5.74) is 3.64. The van der Waals surface area contributed by atoms with Gasteiger partial charge in [0.1, 0.15) is 11.5 Å². The molecule has 3 aromatic rings. The monoisotopic (exact) mass is 529 g/mol. The van der Waals surface area contributed by atoms with Gasteiger partial charge in [-0.25, -0.2) is 4.79 Å². The lowest BCUT2D eigenvalue weighted by Gasteiger charge is -2.08. The smallest absolute Gasteiger partial charge is 0.343 e. The summed E-state index contributed by atoms with van der Waals surface area (Å²) in [6.45, 7) is 5.25. The Morgan fingerprint density at radius 2 is 1.23 bits per heavy atom. The summed E-state index contributed by atoms with van der Waals surface area (Å²) in [6.07, 6.45) is 19.3. The van der Waals surface area contributed by atoms with Gasteiger partial charge in [-0.15, -0.1) is 0 Å². The van der Waals surface area contributed by atoms with Crippen molar-refractivity contribution in [3.63, 3.8) is 0 Å². The van der Waals surface area contributed by atoms with Crippen molar-refractivity contribution in [3.05, 3.63) is 78.0 Å². The highest BCUT2D eigenvalue weighted by Crippen LogP contribution is 2.23. The molecule has 3 rings (SSSR count). The van der Waals surface area contributed by atoms with E-state index in [4.69, 9.17) is 9.47 Å². The quantitative estimate of drug-likeness (QED) is 0.114. The van der Waals surface area contributed by atoms with Gasteiger partial charge < -0.3 is 9.47 Å². The number of aromatic nitrogens is 1. The molecule has 2 aromatic carbocycles. The second-order valence-corrected chi connectivity index (χ2v) is 10.5. The van der Waals surface area contributed by atoms with Gasteiger partial charge in [-0.1, -0.05) is 96.6 Å². The Hall–Kier alpha value is -3.14. The van der Waals surface area contributed by atoms with Gasteiger partial charge in [0.2, 0.25) is 0 Å². The predicted molar refractivity (Wildman–Crippen MR) is 162 cm³/mol. The molecule has 0 radical (unpaired) electrons. The maximum absolute atomic E-state index is 12.6. The predicted octanol–water partition coefficient (Wildman–Crippen LogP) is 10.0. The van der Waals surface area contributed by atoms with Crippen molar-refractivity contribution in [2.45, 2.75) is 104 Å². The largest absolute Gasteiger partial charge is 0.494 e. The molecule has 0 saturated heterocycles. The number of unbranched alkanes of at least 4 members (excludes halogenated alkanes) is 11. The minimum absolute atomic E-state index is 0.363. The van der Waals surface area contributed by atoms with Gasteiger partial charge in [-0.2, -0.15) is 0 Å². The third-order valence-corrected chi connectivity index (χ3v) is 7.12. The molecule has 1 heterocycles. The molecular formula is C35H47NO3. The normalized spacial score (nSPS) is 10.9. The Bertz CT molecular complexity index is 1060. The van der Waals surface area contributed by atoms with Crippen molar-refractivity contribution in [2.24, 2.45) is 0 Å². The van der Waals surface area contributed by atoms with Gasteiger partial charge >= 0.3 is 5.97 Å². The van der Waals surface area contributed by atoms with Crippen LogP contribution in [0.4, 0.5) is 0 Å². The van der Waals surface area contributed by atoms with Crippen LogP contribution in [0.3, 0.4) is 0 Å². The summed E-state index contributed by atoms with van der Waals surface area (Å²) in [7, 11) is 0. The van der Waals surface area contributed by atoms with Crippen LogP contribution >= 0.6 is 0 Å². The molecule has 0 aliphatic carbocycles. The molecule has 0 bridgehead atoms. The SMILES string of the molecule is CCCCCCCCCOc1ccc(-c2ccc(OC(=O)c3ccc(CCCCCCCC)cc3)cn2)cc1. The number of esters is 1. The van der Waals surface area contributed by atoms with Gasteiger partial charge in [0.15, 0.2) is 0 Å². The van der Waals surface area contributed by atoms with Crippen LogP contribution in [0.15, 0.2) is 66.9 Å². The minimum Gasteiger partial charge on any atom is -0.494 e. The molecular weight excluding hydrogens is 482 g/mol. The van der Waals surface area contributed by atoms with Crippen molar-refractivity contribution in [2.75, 3.05) is 6.61 Å². The average Bonchev–Trinajstić information content (AvgIpc) is 2.97. The lowest BCUT2D eigenvalue weighted by atomic mass is 10.0. The van der Waals surface area contributed by atoms with Crippen molar-refractivity contribution < 1.29 is 14.3 Å². The Kier molecular flexibility index (Phi) is 14.2. The van der Waals surface area contributed by atoms with Gasteiger partial charge in [0.25, 0.3) is 0 Å². The number of rotatable bonds is 19. The van der Waals surface area contributed by atoms with E-state index in [0.717, 1.165) is 36.5 Å². The number of nitrogens with zero attached hydrogens (tertiary/aromatic N) is 1. The maximum Gasteiger partial charge on any atom is 0.343 e. The van der Waals surface area contributed by atoms with Gasteiger partial charge in [0.05, 0.1) is 24.1 Å². The van der Waals surface area contributed by atoms with E-state index < -0.39 is 0 Å². The molecule has 0 saturated carbocycles. The minimum atomic E-state index is -0.363. The van der Waals surface area contributed by atoms with Crippen molar-refractivity contribution in [1.82, 2.24) is 4.98 Å². The van der Waals surface area contributed by atoms with E-state index in [2.05, 4.69) is 18.8 Å². The highest BCUT2D eigenvalue weighted by Gasteiger charge is 2.10. The fourth-order valence-corrected chi connectivity index (χ4v) is 4.67. The Morgan fingerprint density at radius 1 is 0.641 bits per heavy atom. The fraction of sp³-hybridized carbons (Fsp3) is 0.486. The third-order valence-electron chi connectivity index (χ3n) is 7.12. The number of hydrogen-bond acceptors (Lipinski definition) is 4. The van der Waals surface area contributed by atoms with E-state index in [-0.39, 0.29) is 5.97 Å². The van der Waals surface area contributed by atoms with Gasteiger partial charge in [-0.05, 0) is 73.4 Å². The van der Waals surface area contributed by atoms with Crippen LogP contribution in [-0.2, 0) is 6.42 Å². The standard InChI is InChI=1S/C35H47NO3/c1-3-5-7-9-11-13-15-27-38-32-23-21-30(22-24-32)34-26-25-33(28-36-34)39-35(37)31-19-17-29(18-20-31)16-14-12-10-8-6-4-2/h17-26,28H,3-16,27H2,1-2H3. The highest BCUT2D eigenvalue weighted by atomic mass is 16.5. The molecule has 0 aliphatic heterocycles. The van der Waals surface area contributed by atoms with Crippen LogP contribution < -0.4 is 9.47 Å². The Morgan fingerprint density at radius 3 is 1.85 bits per heavy atom. The summed E-state index contributed by atoms with van der Waals surface area (Å²) in [5.74, 6) is 0.959. The molecule has 39 heavy (non-hydrogen) atoms. The maximum atomic E-state index is 12.6. The fourth-order valence-electron chi connectivity index (χ4n) is 4.67. The summed E-state index contributed by atoms with van der Waals surface area (Å²) in [6, 6.07) is 19.4. The first kappa shape index (κ1) is 30.4. The van der Waals surface area contributed by atoms with Crippen molar-refractivity contribution >= 4 is 5.97 Å². The van der Waals surface area contributed by atoms with E-state index in [1.807, 2.05) is 54.6 Å². The lowest BCUT2D eigenvalue weighted by Crippen LogP contribution is -2.08. The second kappa shape index (κ2) is 18.2. The molecule has 0 unspecified atom stereocenters. The summed E-state index contributed by atoms with van der Waals surface area (Å²) < 4.78 is 11.5. The van der Waals surface area contributed by atoms with Crippen LogP contribution in [0.5, 0.6) is 11.5 Å². The second-order valence-electron chi connectivity index (χ2n) is 10.5. The average molecular weight is 530 g/mol. The molecule has 4 heteroatoms. The molecule has 4 nitrogen and oxygen atoms in total. The van der Waals surface area contributed by atoms with Crippen molar-refractivity contribution in [1.29, 1.82) is 0 Å². The molecule has 1 aromatic heterocycles. The zero-order chi connectivity index (χ0) is 27.5. The zero-order valence-electron chi connectivity index (χ0n) is 24.1. The Labute approximate surface area is 236 Å². The van der Waals surface area contributed by atoms with E-state index in [9.17, 15) is 4.79 Å². The number of carbonyl (C=O) groups excluding carboxylic acids is 1. The Balaban J connectivity index is 1.39. The molecule has 0 amide bonds. The van der Waals surface area contributed by atoms with Gasteiger partial charge in [0, 0.05) is 5.56 Å². The van der Waals surface area contributed by atoms with E-state index in [1.54, 1.807) is 12.3 Å². The van der Waals surface area contributed by atoms with Crippen molar-refractivity contribution in [3.8, 4) is 22.8 Å². The number of aryl methyl sites for hydroxylation is 1. The van der Waals surface area contributed by atoms with Crippen LogP contribution in [0, 0.1) is 0 Å². The highest BCUT2D eigenvalue weighted by molar-refractivity contribution is 5.91. The topological polar surface area (TPSA) is 48.4 Å². The van der Waals surface area contributed by atoms with Crippen LogP contribution in [0.1, 0.15) is 113 Å². The van der Waals surface area contributed by atoms with Crippen LogP contribution in [0.25, 0.3) is 11.3 Å². The first-order chi connectivity index (χ1) is 19.2. The molecule has 210 valence electrons. The number of benzene rings is 2. The molecule has 0 N–H and O–H groups in total. The van der Waals surface area contributed by atoms with E-state index >= 15 is 0 Å². The molecule has 0 fully saturated rings. The molecule has 0 aliphatic rings. The van der Waals surface area contributed by atoms with E-state index in [0.29, 0.717) is 11.3 Å². The summed E-state index contributed by atoms with van der Waals surface area (Å²) in [5, 5.41) is 0. The molecule has 0 atom stereocenters. The summed E-state index contributed by atoms with van der Waals surface area (Å²) in [4.78, 5) is 17.1. The third kappa shape index (κ3) is 11.6. The zero-order valence-corrected chi connectivity index (χ0v) is 24.1. The first-order valence-corrected chi connectivity index (χ1v) is 15.2. The lowest BCUT2D eigenvalue weighted by molar-refractivity contribution is 0.0734. The van der Waals surface area contributed by atoms with Crippen LogP contribution in [0.2, 0.25) is 0 Å². The molecule has 0 spiro atoms. The van der Waals surface area contributed by atoms with Crippen LogP contribution in [-0.4, -0.2) is 17.6 Å². The number of pyridine rings is 1. The van der Waals surface area contributed by atoms with Gasteiger partial charge in [-0.3, -0.25) is 4.98 Å². The first-order valence-electron chi connectivity index (χ1n) is 15.2. The number of carbonyl (C=O) groups is 1. The number of ether oxygens (including phenoxy) is 2. The summed E-state index contributed by atoms with van der Waals surface area (Å²) >= 11 is 0. The number of hydrogen-bond donors (Lipinski definition) is 0.